The predicted molar refractivity (Wildman–Crippen MR) is 84.3 cm³/mol. The van der Waals surface area contributed by atoms with E-state index in [2.05, 4.69) is 45.3 Å². The van der Waals surface area contributed by atoms with Crippen molar-refractivity contribution >= 4 is 27.3 Å². The Bertz CT molecular complexity index is 573. The van der Waals surface area contributed by atoms with E-state index in [-0.39, 0.29) is 11.9 Å². The molecular formula is C14H17BrFN3S. The van der Waals surface area contributed by atoms with Crippen LogP contribution in [0.2, 0.25) is 0 Å². The molecule has 0 radical (unpaired) electrons. The quantitative estimate of drug-likeness (QED) is 0.823. The molecule has 0 spiro atoms. The van der Waals surface area contributed by atoms with Gasteiger partial charge in [0.1, 0.15) is 15.8 Å². The van der Waals surface area contributed by atoms with Crippen molar-refractivity contribution in [3.8, 4) is 10.6 Å². The second kappa shape index (κ2) is 7.24. The third kappa shape index (κ3) is 3.42. The van der Waals surface area contributed by atoms with Crippen molar-refractivity contribution in [1.29, 1.82) is 0 Å². The zero-order chi connectivity index (χ0) is 14.5. The van der Waals surface area contributed by atoms with Crippen molar-refractivity contribution in [2.75, 3.05) is 6.54 Å². The van der Waals surface area contributed by atoms with Crippen LogP contribution in [0.5, 0.6) is 0 Å². The molecule has 1 aromatic heterocycles. The lowest BCUT2D eigenvalue weighted by Crippen LogP contribution is -2.21. The van der Waals surface area contributed by atoms with Crippen LogP contribution in [-0.2, 0) is 0 Å². The van der Waals surface area contributed by atoms with Crippen molar-refractivity contribution in [3.05, 3.63) is 33.5 Å². The van der Waals surface area contributed by atoms with Crippen molar-refractivity contribution in [2.24, 2.45) is 0 Å². The summed E-state index contributed by atoms with van der Waals surface area (Å²) >= 11 is 4.78. The number of aromatic nitrogens is 2. The van der Waals surface area contributed by atoms with Crippen LogP contribution in [0, 0.1) is 5.82 Å². The summed E-state index contributed by atoms with van der Waals surface area (Å²) in [5.74, 6) is -0.282. The Kier molecular flexibility index (Phi) is 5.63. The molecule has 0 bridgehead atoms. The molecule has 2 aromatic rings. The van der Waals surface area contributed by atoms with E-state index in [9.17, 15) is 4.39 Å². The van der Waals surface area contributed by atoms with Gasteiger partial charge in [-0.2, -0.15) is 0 Å². The fourth-order valence-electron chi connectivity index (χ4n) is 1.88. The lowest BCUT2D eigenvalue weighted by Gasteiger charge is -2.12. The van der Waals surface area contributed by atoms with E-state index in [0.717, 1.165) is 35.0 Å². The van der Waals surface area contributed by atoms with Gasteiger partial charge in [-0.05, 0) is 41.4 Å². The first kappa shape index (κ1) is 15.5. The SMILES string of the molecule is CCCNC(CC)c1nnc(-c2cccc(F)c2Br)s1. The van der Waals surface area contributed by atoms with E-state index < -0.39 is 0 Å². The highest BCUT2D eigenvalue weighted by Crippen LogP contribution is 2.34. The van der Waals surface area contributed by atoms with Gasteiger partial charge in [0.25, 0.3) is 0 Å². The number of halogens is 2. The zero-order valence-electron chi connectivity index (χ0n) is 11.5. The van der Waals surface area contributed by atoms with Crippen LogP contribution in [0.15, 0.2) is 22.7 Å². The molecule has 0 aliphatic rings. The van der Waals surface area contributed by atoms with E-state index in [1.807, 2.05) is 6.07 Å². The molecule has 2 rings (SSSR count). The average molecular weight is 358 g/mol. The fourth-order valence-corrected chi connectivity index (χ4v) is 3.50. The lowest BCUT2D eigenvalue weighted by atomic mass is 10.2. The van der Waals surface area contributed by atoms with E-state index in [1.165, 1.54) is 17.4 Å². The van der Waals surface area contributed by atoms with E-state index in [4.69, 9.17) is 0 Å². The lowest BCUT2D eigenvalue weighted by molar-refractivity contribution is 0.513. The molecular weight excluding hydrogens is 341 g/mol. The first-order valence-electron chi connectivity index (χ1n) is 6.68. The summed E-state index contributed by atoms with van der Waals surface area (Å²) in [5, 5.41) is 13.6. The molecule has 0 amide bonds. The monoisotopic (exact) mass is 357 g/mol. The normalized spacial score (nSPS) is 12.6. The molecule has 6 heteroatoms. The Morgan fingerprint density at radius 1 is 1.35 bits per heavy atom. The van der Waals surface area contributed by atoms with Crippen LogP contribution in [0.1, 0.15) is 37.7 Å². The van der Waals surface area contributed by atoms with E-state index in [1.54, 1.807) is 6.07 Å². The summed E-state index contributed by atoms with van der Waals surface area (Å²) in [7, 11) is 0. The Hall–Kier alpha value is -0.850. The number of hydrogen-bond acceptors (Lipinski definition) is 4. The molecule has 0 saturated carbocycles. The minimum atomic E-state index is -0.282. The molecule has 108 valence electrons. The van der Waals surface area contributed by atoms with Gasteiger partial charge in [0.2, 0.25) is 0 Å². The minimum absolute atomic E-state index is 0.216. The van der Waals surface area contributed by atoms with Gasteiger partial charge in [0.05, 0.1) is 10.5 Å². The molecule has 0 saturated heterocycles. The topological polar surface area (TPSA) is 37.8 Å². The van der Waals surface area contributed by atoms with Crippen LogP contribution in [0.4, 0.5) is 4.39 Å². The second-order valence-electron chi connectivity index (χ2n) is 4.46. The molecule has 1 aromatic carbocycles. The zero-order valence-corrected chi connectivity index (χ0v) is 13.9. The highest BCUT2D eigenvalue weighted by molar-refractivity contribution is 9.10. The minimum Gasteiger partial charge on any atom is -0.308 e. The van der Waals surface area contributed by atoms with Crippen molar-refractivity contribution in [2.45, 2.75) is 32.7 Å². The molecule has 1 heterocycles. The van der Waals surface area contributed by atoms with Gasteiger partial charge in [-0.3, -0.25) is 0 Å². The number of nitrogens with zero attached hydrogens (tertiary/aromatic N) is 2. The molecule has 0 aliphatic carbocycles. The van der Waals surface area contributed by atoms with E-state index in [0.29, 0.717) is 4.47 Å². The maximum atomic E-state index is 13.6. The van der Waals surface area contributed by atoms with Crippen LogP contribution in [0.25, 0.3) is 10.6 Å². The first-order valence-corrected chi connectivity index (χ1v) is 8.29. The molecule has 1 atom stereocenters. The summed E-state index contributed by atoms with van der Waals surface area (Å²) in [6.45, 7) is 5.21. The third-order valence-corrected chi connectivity index (χ3v) is 4.85. The van der Waals surface area contributed by atoms with Gasteiger partial charge in [-0.25, -0.2) is 4.39 Å². The largest absolute Gasteiger partial charge is 0.308 e. The number of nitrogens with one attached hydrogen (secondary N) is 1. The molecule has 0 fully saturated rings. The molecule has 0 aliphatic heterocycles. The maximum Gasteiger partial charge on any atom is 0.149 e. The smallest absolute Gasteiger partial charge is 0.149 e. The van der Waals surface area contributed by atoms with Gasteiger partial charge >= 0.3 is 0 Å². The highest BCUT2D eigenvalue weighted by atomic mass is 79.9. The Morgan fingerprint density at radius 3 is 2.85 bits per heavy atom. The van der Waals surface area contributed by atoms with Gasteiger partial charge in [0, 0.05) is 5.56 Å². The molecule has 20 heavy (non-hydrogen) atoms. The highest BCUT2D eigenvalue weighted by Gasteiger charge is 2.17. The fraction of sp³-hybridized carbons (Fsp3) is 0.429. The maximum absolute atomic E-state index is 13.6. The summed E-state index contributed by atoms with van der Waals surface area (Å²) in [4.78, 5) is 0. The second-order valence-corrected chi connectivity index (χ2v) is 6.26. The standard InChI is InChI=1S/C14H17BrFN3S/c1-3-8-17-11(4-2)14-19-18-13(20-14)9-6-5-7-10(16)12(9)15/h5-7,11,17H,3-4,8H2,1-2H3. The van der Waals surface area contributed by atoms with Gasteiger partial charge < -0.3 is 5.32 Å². The van der Waals surface area contributed by atoms with Crippen LogP contribution < -0.4 is 5.32 Å². The molecule has 3 nitrogen and oxygen atoms in total. The molecule has 1 unspecified atom stereocenters. The Labute approximate surface area is 130 Å². The van der Waals surface area contributed by atoms with Crippen LogP contribution in [-0.4, -0.2) is 16.7 Å². The summed E-state index contributed by atoms with van der Waals surface area (Å²) in [6.07, 6.45) is 2.04. The van der Waals surface area contributed by atoms with Crippen molar-refractivity contribution in [3.63, 3.8) is 0 Å². The summed E-state index contributed by atoms with van der Waals surface area (Å²) < 4.78 is 14.0. The summed E-state index contributed by atoms with van der Waals surface area (Å²) in [5.41, 5.74) is 0.749. The number of rotatable bonds is 6. The summed E-state index contributed by atoms with van der Waals surface area (Å²) in [6, 6.07) is 5.17. The van der Waals surface area contributed by atoms with Gasteiger partial charge in [-0.15, -0.1) is 10.2 Å². The van der Waals surface area contributed by atoms with Crippen LogP contribution in [0.3, 0.4) is 0 Å². The third-order valence-electron chi connectivity index (χ3n) is 2.97. The van der Waals surface area contributed by atoms with Crippen LogP contribution >= 0.6 is 27.3 Å². The number of hydrogen-bond donors (Lipinski definition) is 1. The number of benzene rings is 1. The van der Waals surface area contributed by atoms with E-state index >= 15 is 0 Å². The molecule has 1 N–H and O–H groups in total. The first-order chi connectivity index (χ1) is 9.67. The van der Waals surface area contributed by atoms with Crippen molar-refractivity contribution < 1.29 is 4.39 Å². The Balaban J connectivity index is 2.26. The van der Waals surface area contributed by atoms with Gasteiger partial charge in [-0.1, -0.05) is 37.3 Å². The van der Waals surface area contributed by atoms with Crippen molar-refractivity contribution in [1.82, 2.24) is 15.5 Å². The predicted octanol–water partition coefficient (Wildman–Crippen LogP) is 4.56. The van der Waals surface area contributed by atoms with Gasteiger partial charge in [0.15, 0.2) is 0 Å². The average Bonchev–Trinajstić information content (AvgIpc) is 2.92. The Morgan fingerprint density at radius 2 is 2.15 bits per heavy atom.